The highest BCUT2D eigenvalue weighted by Gasteiger charge is 2.08. The van der Waals surface area contributed by atoms with E-state index < -0.39 is 0 Å². The highest BCUT2D eigenvalue weighted by atomic mass is 79.9. The lowest BCUT2D eigenvalue weighted by Crippen LogP contribution is -2.12. The van der Waals surface area contributed by atoms with Crippen LogP contribution >= 0.6 is 15.9 Å². The zero-order valence-corrected chi connectivity index (χ0v) is 16.0. The number of methoxy groups -OCH3 is 1. The third kappa shape index (κ3) is 4.26. The number of ether oxygens (including phenoxy) is 1. The standard InChI is InChI=1S/C18H18BrN5O2/c1-12-21-22-23-24(12)15-5-3-4-14(11-15)20-18(25)9-7-13-6-8-17(26-2)16(19)10-13/h3-6,8,10-11H,7,9H2,1-2H3,(H,20,25). The molecule has 0 aliphatic rings. The zero-order chi connectivity index (χ0) is 18.5. The number of rotatable bonds is 6. The predicted molar refractivity (Wildman–Crippen MR) is 102 cm³/mol. The van der Waals surface area contributed by atoms with Gasteiger partial charge >= 0.3 is 0 Å². The fourth-order valence-electron chi connectivity index (χ4n) is 2.53. The van der Waals surface area contributed by atoms with Crippen LogP contribution in [0.15, 0.2) is 46.9 Å². The number of carbonyl (C=O) groups is 1. The van der Waals surface area contributed by atoms with E-state index in [4.69, 9.17) is 4.74 Å². The predicted octanol–water partition coefficient (Wildman–Crippen LogP) is 3.31. The maximum absolute atomic E-state index is 12.3. The maximum Gasteiger partial charge on any atom is 0.224 e. The van der Waals surface area contributed by atoms with Gasteiger partial charge in [0.1, 0.15) is 5.75 Å². The SMILES string of the molecule is COc1ccc(CCC(=O)Nc2cccc(-n3nnnc3C)c2)cc1Br. The second-order valence-electron chi connectivity index (χ2n) is 5.71. The number of benzene rings is 2. The van der Waals surface area contributed by atoms with E-state index in [-0.39, 0.29) is 5.91 Å². The van der Waals surface area contributed by atoms with Gasteiger partial charge in [0.15, 0.2) is 5.82 Å². The minimum Gasteiger partial charge on any atom is -0.496 e. The van der Waals surface area contributed by atoms with E-state index in [1.165, 1.54) is 0 Å². The fraction of sp³-hybridized carbons (Fsp3) is 0.222. The topological polar surface area (TPSA) is 81.9 Å². The van der Waals surface area contributed by atoms with Crippen molar-refractivity contribution in [3.63, 3.8) is 0 Å². The van der Waals surface area contributed by atoms with E-state index in [2.05, 4.69) is 36.8 Å². The highest BCUT2D eigenvalue weighted by Crippen LogP contribution is 2.26. The molecule has 3 rings (SSSR count). The Morgan fingerprint density at radius 2 is 2.12 bits per heavy atom. The summed E-state index contributed by atoms with van der Waals surface area (Å²) in [5.74, 6) is 1.40. The largest absolute Gasteiger partial charge is 0.496 e. The second kappa shape index (κ2) is 8.09. The van der Waals surface area contributed by atoms with Crippen molar-refractivity contribution in [3.8, 4) is 11.4 Å². The van der Waals surface area contributed by atoms with Gasteiger partial charge in [-0.2, -0.15) is 4.68 Å². The molecule has 0 unspecified atom stereocenters. The van der Waals surface area contributed by atoms with Crippen LogP contribution in [0.4, 0.5) is 5.69 Å². The molecule has 0 spiro atoms. The van der Waals surface area contributed by atoms with E-state index in [0.29, 0.717) is 24.4 Å². The number of nitrogens with zero attached hydrogens (tertiary/aromatic N) is 4. The smallest absolute Gasteiger partial charge is 0.224 e. The first-order chi connectivity index (χ1) is 12.6. The van der Waals surface area contributed by atoms with E-state index in [1.54, 1.807) is 11.8 Å². The Kier molecular flexibility index (Phi) is 5.62. The molecule has 1 heterocycles. The number of amides is 1. The summed E-state index contributed by atoms with van der Waals surface area (Å²) in [4.78, 5) is 12.3. The Morgan fingerprint density at radius 1 is 1.27 bits per heavy atom. The second-order valence-corrected chi connectivity index (χ2v) is 6.56. The average Bonchev–Trinajstić information content (AvgIpc) is 3.06. The number of nitrogens with one attached hydrogen (secondary N) is 1. The molecule has 7 nitrogen and oxygen atoms in total. The molecule has 1 N–H and O–H groups in total. The molecule has 0 fully saturated rings. The van der Waals surface area contributed by atoms with E-state index in [9.17, 15) is 4.79 Å². The van der Waals surface area contributed by atoms with Crippen molar-refractivity contribution in [2.45, 2.75) is 19.8 Å². The number of aromatic nitrogens is 4. The van der Waals surface area contributed by atoms with Crippen LogP contribution in [0.5, 0.6) is 5.75 Å². The molecule has 0 aliphatic heterocycles. The summed E-state index contributed by atoms with van der Waals surface area (Å²) in [7, 11) is 1.62. The summed E-state index contributed by atoms with van der Waals surface area (Å²) in [5, 5.41) is 14.3. The van der Waals surface area contributed by atoms with Crippen molar-refractivity contribution in [2.75, 3.05) is 12.4 Å². The summed E-state index contributed by atoms with van der Waals surface area (Å²) < 4.78 is 7.71. The first kappa shape index (κ1) is 18.1. The first-order valence-corrected chi connectivity index (χ1v) is 8.84. The maximum atomic E-state index is 12.3. The van der Waals surface area contributed by atoms with Crippen molar-refractivity contribution >= 4 is 27.5 Å². The summed E-state index contributed by atoms with van der Waals surface area (Å²) in [6.07, 6.45) is 1.02. The average molecular weight is 416 g/mol. The quantitative estimate of drug-likeness (QED) is 0.667. The number of halogens is 1. The lowest BCUT2D eigenvalue weighted by atomic mass is 10.1. The summed E-state index contributed by atoms with van der Waals surface area (Å²) in [5.41, 5.74) is 2.56. The van der Waals surface area contributed by atoms with Crippen LogP contribution in [0.25, 0.3) is 5.69 Å². The van der Waals surface area contributed by atoms with E-state index >= 15 is 0 Å². The van der Waals surface area contributed by atoms with Crippen LogP contribution in [-0.4, -0.2) is 33.2 Å². The van der Waals surface area contributed by atoms with Crippen molar-refractivity contribution in [2.24, 2.45) is 0 Å². The molecule has 1 aromatic heterocycles. The minimum absolute atomic E-state index is 0.0532. The molecule has 3 aromatic rings. The van der Waals surface area contributed by atoms with Gasteiger partial charge in [-0.3, -0.25) is 4.79 Å². The molecular formula is C18H18BrN5O2. The molecule has 0 radical (unpaired) electrons. The Labute approximate surface area is 159 Å². The molecule has 26 heavy (non-hydrogen) atoms. The number of tetrazole rings is 1. The van der Waals surface area contributed by atoms with Crippen molar-refractivity contribution in [3.05, 3.63) is 58.3 Å². The fourth-order valence-corrected chi connectivity index (χ4v) is 3.12. The van der Waals surface area contributed by atoms with Gasteiger partial charge in [0.25, 0.3) is 0 Å². The minimum atomic E-state index is -0.0532. The third-order valence-electron chi connectivity index (χ3n) is 3.86. The Bertz CT molecular complexity index is 925. The van der Waals surface area contributed by atoms with Gasteiger partial charge in [-0.05, 0) is 75.6 Å². The molecule has 2 aromatic carbocycles. The Morgan fingerprint density at radius 3 is 2.81 bits per heavy atom. The van der Waals surface area contributed by atoms with Gasteiger partial charge in [-0.1, -0.05) is 12.1 Å². The van der Waals surface area contributed by atoms with Crippen LogP contribution in [-0.2, 0) is 11.2 Å². The number of anilines is 1. The zero-order valence-electron chi connectivity index (χ0n) is 14.4. The molecule has 1 amide bonds. The third-order valence-corrected chi connectivity index (χ3v) is 4.48. The van der Waals surface area contributed by atoms with Gasteiger partial charge in [0.2, 0.25) is 5.91 Å². The lowest BCUT2D eigenvalue weighted by molar-refractivity contribution is -0.116. The monoisotopic (exact) mass is 415 g/mol. The number of carbonyl (C=O) groups excluding carboxylic acids is 1. The van der Waals surface area contributed by atoms with Gasteiger partial charge in [0, 0.05) is 12.1 Å². The molecule has 0 bridgehead atoms. The van der Waals surface area contributed by atoms with E-state index in [1.807, 2.05) is 49.4 Å². The van der Waals surface area contributed by atoms with E-state index in [0.717, 1.165) is 21.5 Å². The molecular weight excluding hydrogens is 398 g/mol. The van der Waals surface area contributed by atoms with Crippen LogP contribution in [0.1, 0.15) is 17.8 Å². The van der Waals surface area contributed by atoms with Crippen LogP contribution in [0.3, 0.4) is 0 Å². The van der Waals surface area contributed by atoms with Gasteiger partial charge in [-0.25, -0.2) is 0 Å². The summed E-state index contributed by atoms with van der Waals surface area (Å²) in [6, 6.07) is 13.2. The van der Waals surface area contributed by atoms with Gasteiger partial charge < -0.3 is 10.1 Å². The Balaban J connectivity index is 1.62. The number of hydrogen-bond acceptors (Lipinski definition) is 5. The van der Waals surface area contributed by atoms with Crippen molar-refractivity contribution in [1.82, 2.24) is 20.2 Å². The number of hydrogen-bond donors (Lipinski definition) is 1. The molecule has 0 saturated heterocycles. The molecule has 8 heteroatoms. The summed E-state index contributed by atoms with van der Waals surface area (Å²) in [6.45, 7) is 1.82. The lowest BCUT2D eigenvalue weighted by Gasteiger charge is -2.09. The normalized spacial score (nSPS) is 10.6. The first-order valence-electron chi connectivity index (χ1n) is 8.04. The molecule has 0 aliphatic carbocycles. The highest BCUT2D eigenvalue weighted by molar-refractivity contribution is 9.10. The summed E-state index contributed by atoms with van der Waals surface area (Å²) >= 11 is 3.46. The van der Waals surface area contributed by atoms with Gasteiger partial charge in [-0.15, -0.1) is 5.10 Å². The molecule has 134 valence electrons. The van der Waals surface area contributed by atoms with Crippen molar-refractivity contribution in [1.29, 1.82) is 0 Å². The van der Waals surface area contributed by atoms with Crippen LogP contribution in [0, 0.1) is 6.92 Å². The molecule has 0 saturated carbocycles. The van der Waals surface area contributed by atoms with Gasteiger partial charge in [0.05, 0.1) is 17.3 Å². The number of aryl methyl sites for hydroxylation is 2. The molecule has 0 atom stereocenters. The van der Waals surface area contributed by atoms with Crippen LogP contribution in [0.2, 0.25) is 0 Å². The van der Waals surface area contributed by atoms with Crippen LogP contribution < -0.4 is 10.1 Å². The Hall–Kier alpha value is -2.74. The van der Waals surface area contributed by atoms with Crippen molar-refractivity contribution < 1.29 is 9.53 Å².